The highest BCUT2D eigenvalue weighted by Gasteiger charge is 2.32. The Balaban J connectivity index is 2.43. The van der Waals surface area contributed by atoms with Gasteiger partial charge in [-0.25, -0.2) is 0 Å². The first-order chi connectivity index (χ1) is 9.24. The van der Waals surface area contributed by atoms with Crippen molar-refractivity contribution in [2.24, 2.45) is 0 Å². The monoisotopic (exact) mass is 253 g/mol. The molecule has 0 aliphatic rings. The van der Waals surface area contributed by atoms with Crippen molar-refractivity contribution in [2.45, 2.75) is 12.0 Å². The van der Waals surface area contributed by atoms with Crippen LogP contribution in [-0.4, -0.2) is 4.92 Å². The van der Waals surface area contributed by atoms with Crippen molar-refractivity contribution >= 4 is 0 Å². The highest BCUT2D eigenvalue weighted by atomic mass is 16.6. The summed E-state index contributed by atoms with van der Waals surface area (Å²) in [7, 11) is 0. The molecule has 0 amide bonds. The second kappa shape index (κ2) is 5.96. The van der Waals surface area contributed by atoms with Crippen LogP contribution in [0.3, 0.4) is 0 Å². The summed E-state index contributed by atoms with van der Waals surface area (Å²) in [5, 5.41) is 11.4. The van der Waals surface area contributed by atoms with E-state index in [0.29, 0.717) is 5.56 Å². The van der Waals surface area contributed by atoms with Crippen LogP contribution in [0.25, 0.3) is 0 Å². The predicted octanol–water partition coefficient (Wildman–Crippen LogP) is 3.97. The van der Waals surface area contributed by atoms with Crippen LogP contribution in [0.4, 0.5) is 0 Å². The standard InChI is InChI=1S/C16H15NO2/c1-2-15(13-9-5-3-6-10-13)16(17(18)19)14-11-7-4-8-12-14/h2-12,15-16H,1H2. The Kier molecular flexibility index (Phi) is 4.08. The average molecular weight is 253 g/mol. The van der Waals surface area contributed by atoms with Gasteiger partial charge in [-0.1, -0.05) is 66.7 Å². The molecule has 3 heteroatoms. The van der Waals surface area contributed by atoms with Crippen LogP contribution in [0.2, 0.25) is 0 Å². The molecular formula is C16H15NO2. The fourth-order valence-electron chi connectivity index (χ4n) is 2.23. The van der Waals surface area contributed by atoms with Gasteiger partial charge in [0.15, 0.2) is 0 Å². The van der Waals surface area contributed by atoms with E-state index in [4.69, 9.17) is 0 Å². The summed E-state index contributed by atoms with van der Waals surface area (Å²) in [6.07, 6.45) is 1.65. The second-order valence-corrected chi connectivity index (χ2v) is 4.31. The van der Waals surface area contributed by atoms with Crippen LogP contribution in [-0.2, 0) is 0 Å². The molecule has 2 unspecified atom stereocenters. The third kappa shape index (κ3) is 2.88. The second-order valence-electron chi connectivity index (χ2n) is 4.31. The molecule has 0 radical (unpaired) electrons. The summed E-state index contributed by atoms with van der Waals surface area (Å²) in [6.45, 7) is 3.76. The van der Waals surface area contributed by atoms with Gasteiger partial charge in [0.2, 0.25) is 6.04 Å². The molecule has 0 aliphatic carbocycles. The van der Waals surface area contributed by atoms with Crippen LogP contribution in [0, 0.1) is 10.1 Å². The molecule has 3 nitrogen and oxygen atoms in total. The van der Waals surface area contributed by atoms with Gasteiger partial charge in [-0.05, 0) is 5.56 Å². The van der Waals surface area contributed by atoms with Gasteiger partial charge in [-0.2, -0.15) is 0 Å². The van der Waals surface area contributed by atoms with Crippen LogP contribution in [0.1, 0.15) is 23.1 Å². The quantitative estimate of drug-likeness (QED) is 0.459. The van der Waals surface area contributed by atoms with E-state index in [-0.39, 0.29) is 10.8 Å². The summed E-state index contributed by atoms with van der Waals surface area (Å²) in [6, 6.07) is 17.7. The summed E-state index contributed by atoms with van der Waals surface area (Å²) in [4.78, 5) is 11.2. The first kappa shape index (κ1) is 13.0. The van der Waals surface area contributed by atoms with Crippen molar-refractivity contribution < 1.29 is 4.92 Å². The Morgan fingerprint density at radius 2 is 1.42 bits per heavy atom. The smallest absolute Gasteiger partial charge is 0.248 e. The first-order valence-corrected chi connectivity index (χ1v) is 6.10. The van der Waals surface area contributed by atoms with Crippen LogP contribution in [0.15, 0.2) is 73.3 Å². The predicted molar refractivity (Wildman–Crippen MR) is 75.6 cm³/mol. The number of nitro groups is 1. The number of benzene rings is 2. The molecule has 2 aromatic carbocycles. The minimum Gasteiger partial charge on any atom is -0.264 e. The van der Waals surface area contributed by atoms with E-state index in [1.165, 1.54) is 0 Å². The van der Waals surface area contributed by atoms with E-state index in [2.05, 4.69) is 6.58 Å². The molecule has 96 valence electrons. The van der Waals surface area contributed by atoms with Gasteiger partial charge in [0.05, 0.1) is 5.92 Å². The molecule has 2 rings (SSSR count). The van der Waals surface area contributed by atoms with Gasteiger partial charge in [-0.15, -0.1) is 6.58 Å². The molecule has 2 atom stereocenters. The molecular weight excluding hydrogens is 238 g/mol. The van der Waals surface area contributed by atoms with Crippen LogP contribution >= 0.6 is 0 Å². The van der Waals surface area contributed by atoms with Gasteiger partial charge < -0.3 is 0 Å². The average Bonchev–Trinajstić information content (AvgIpc) is 2.46. The highest BCUT2D eigenvalue weighted by molar-refractivity contribution is 5.29. The lowest BCUT2D eigenvalue weighted by molar-refractivity contribution is -0.531. The van der Waals surface area contributed by atoms with Crippen molar-refractivity contribution in [3.05, 3.63) is 94.6 Å². The van der Waals surface area contributed by atoms with Crippen molar-refractivity contribution in [2.75, 3.05) is 0 Å². The minimum atomic E-state index is -0.805. The van der Waals surface area contributed by atoms with Crippen LogP contribution in [0.5, 0.6) is 0 Å². The fraction of sp³-hybridized carbons (Fsp3) is 0.125. The summed E-state index contributed by atoms with van der Waals surface area (Å²) in [5.41, 5.74) is 1.60. The number of hydrogen-bond acceptors (Lipinski definition) is 2. The van der Waals surface area contributed by atoms with Gasteiger partial charge in [0.1, 0.15) is 0 Å². The van der Waals surface area contributed by atoms with E-state index in [1.54, 1.807) is 18.2 Å². The molecule has 0 aliphatic heterocycles. The van der Waals surface area contributed by atoms with Crippen molar-refractivity contribution in [1.82, 2.24) is 0 Å². The lowest BCUT2D eigenvalue weighted by Crippen LogP contribution is -2.18. The van der Waals surface area contributed by atoms with E-state index in [0.717, 1.165) is 5.56 Å². The SMILES string of the molecule is C=CC(c1ccccc1)C(c1ccccc1)[N+](=O)[O-]. The number of hydrogen-bond donors (Lipinski definition) is 0. The van der Waals surface area contributed by atoms with Crippen molar-refractivity contribution in [3.63, 3.8) is 0 Å². The summed E-state index contributed by atoms with van der Waals surface area (Å²) < 4.78 is 0. The zero-order valence-electron chi connectivity index (χ0n) is 10.5. The topological polar surface area (TPSA) is 43.1 Å². The van der Waals surface area contributed by atoms with Gasteiger partial charge in [0, 0.05) is 10.5 Å². The summed E-state index contributed by atoms with van der Waals surface area (Å²) in [5.74, 6) is -0.335. The maximum atomic E-state index is 11.4. The van der Waals surface area contributed by atoms with Gasteiger partial charge in [-0.3, -0.25) is 10.1 Å². The molecule has 0 aromatic heterocycles. The molecule has 19 heavy (non-hydrogen) atoms. The Morgan fingerprint density at radius 3 is 1.84 bits per heavy atom. The summed E-state index contributed by atoms with van der Waals surface area (Å²) >= 11 is 0. The molecule has 0 spiro atoms. The van der Waals surface area contributed by atoms with E-state index < -0.39 is 6.04 Å². The Bertz CT molecular complexity index is 551. The molecule has 0 saturated heterocycles. The maximum absolute atomic E-state index is 11.4. The molecule has 0 heterocycles. The van der Waals surface area contributed by atoms with Crippen molar-refractivity contribution in [3.8, 4) is 0 Å². The lowest BCUT2D eigenvalue weighted by atomic mass is 9.87. The molecule has 0 N–H and O–H groups in total. The van der Waals surface area contributed by atoms with Crippen molar-refractivity contribution in [1.29, 1.82) is 0 Å². The molecule has 0 fully saturated rings. The molecule has 2 aromatic rings. The van der Waals surface area contributed by atoms with Gasteiger partial charge in [0.25, 0.3) is 0 Å². The molecule has 0 bridgehead atoms. The van der Waals surface area contributed by atoms with E-state index in [9.17, 15) is 10.1 Å². The Hall–Kier alpha value is -2.42. The third-order valence-electron chi connectivity index (χ3n) is 3.15. The highest BCUT2D eigenvalue weighted by Crippen LogP contribution is 2.34. The molecule has 0 saturated carbocycles. The van der Waals surface area contributed by atoms with Crippen LogP contribution < -0.4 is 0 Å². The largest absolute Gasteiger partial charge is 0.264 e. The first-order valence-electron chi connectivity index (χ1n) is 6.10. The fourth-order valence-corrected chi connectivity index (χ4v) is 2.23. The normalized spacial score (nSPS) is 13.5. The maximum Gasteiger partial charge on any atom is 0.248 e. The Morgan fingerprint density at radius 1 is 0.947 bits per heavy atom. The minimum absolute atomic E-state index is 0.241. The lowest BCUT2D eigenvalue weighted by Gasteiger charge is -2.18. The Labute approximate surface area is 112 Å². The zero-order valence-corrected chi connectivity index (χ0v) is 10.5. The zero-order chi connectivity index (χ0) is 13.7. The number of nitrogens with zero attached hydrogens (tertiary/aromatic N) is 1. The van der Waals surface area contributed by atoms with E-state index in [1.807, 2.05) is 48.5 Å². The van der Waals surface area contributed by atoms with E-state index >= 15 is 0 Å². The van der Waals surface area contributed by atoms with Gasteiger partial charge >= 0.3 is 0 Å². The third-order valence-corrected chi connectivity index (χ3v) is 3.15. The number of rotatable bonds is 5.